The molecule has 4 rings (SSSR count). The van der Waals surface area contributed by atoms with Gasteiger partial charge in [0.25, 0.3) is 0 Å². The Balaban J connectivity index is 1.88. The molecule has 0 bridgehead atoms. The summed E-state index contributed by atoms with van der Waals surface area (Å²) >= 11 is 1.46. The lowest BCUT2D eigenvalue weighted by atomic mass is 10.1. The summed E-state index contributed by atoms with van der Waals surface area (Å²) in [4.78, 5) is 1.75. The summed E-state index contributed by atoms with van der Waals surface area (Å²) in [6.45, 7) is 1.86. The first-order valence-corrected chi connectivity index (χ1v) is 12.0. The Kier molecular flexibility index (Phi) is 5.59. The minimum Gasteiger partial charge on any atom is -0.385 e. The molecule has 0 aliphatic carbocycles. The Morgan fingerprint density at radius 2 is 1.81 bits per heavy atom. The highest BCUT2D eigenvalue weighted by Gasteiger charge is 2.15. The van der Waals surface area contributed by atoms with E-state index < -0.39 is 10.0 Å². The minimum absolute atomic E-state index is 0.301. The Hall–Kier alpha value is -3.11. The maximum atomic E-state index is 13.3. The summed E-state index contributed by atoms with van der Waals surface area (Å²) in [5.41, 5.74) is 3.60. The predicted molar refractivity (Wildman–Crippen MR) is 122 cm³/mol. The third-order valence-corrected chi connectivity index (χ3v) is 6.27. The second kappa shape index (κ2) is 8.20. The summed E-state index contributed by atoms with van der Waals surface area (Å²) in [6.07, 6.45) is 3.03. The standard InChI is InChI=1S/C21H20FN5O2S2/c1-13-24-25-21-19(23-2)10-14(12-27(13)21)18-11-16(26-31(3,28)29)6-9-20(18)30-17-7-4-15(22)5-8-17/h4-12,23,26H,1-3H3. The molecular formula is C21H20FN5O2S2. The molecule has 2 N–H and O–H groups in total. The van der Waals surface area contributed by atoms with Gasteiger partial charge in [-0.25, -0.2) is 12.8 Å². The first-order valence-electron chi connectivity index (χ1n) is 9.32. The number of nitrogens with zero attached hydrogens (tertiary/aromatic N) is 3. The van der Waals surface area contributed by atoms with E-state index in [1.165, 1.54) is 23.9 Å². The number of halogens is 1. The van der Waals surface area contributed by atoms with Crippen LogP contribution in [0.3, 0.4) is 0 Å². The summed E-state index contributed by atoms with van der Waals surface area (Å²) in [7, 11) is -1.63. The quantitative estimate of drug-likeness (QED) is 0.446. The Labute approximate surface area is 183 Å². The van der Waals surface area contributed by atoms with Gasteiger partial charge in [-0.1, -0.05) is 11.8 Å². The van der Waals surface area contributed by atoms with E-state index >= 15 is 0 Å². The molecule has 2 aromatic carbocycles. The van der Waals surface area contributed by atoms with Crippen LogP contribution >= 0.6 is 11.8 Å². The highest BCUT2D eigenvalue weighted by atomic mass is 32.2. The molecule has 2 aromatic heterocycles. The number of benzene rings is 2. The molecule has 2 heterocycles. The number of sulfonamides is 1. The fraction of sp³-hybridized carbons (Fsp3) is 0.143. The largest absolute Gasteiger partial charge is 0.385 e. The fourth-order valence-electron chi connectivity index (χ4n) is 3.19. The highest BCUT2D eigenvalue weighted by molar-refractivity contribution is 7.99. The summed E-state index contributed by atoms with van der Waals surface area (Å²) in [5, 5.41) is 11.5. The molecule has 0 spiro atoms. The third-order valence-electron chi connectivity index (χ3n) is 4.58. The van der Waals surface area contributed by atoms with Gasteiger partial charge in [0.05, 0.1) is 11.9 Å². The number of anilines is 2. The van der Waals surface area contributed by atoms with Crippen LogP contribution in [0.25, 0.3) is 16.8 Å². The van der Waals surface area contributed by atoms with Gasteiger partial charge in [0.1, 0.15) is 11.6 Å². The van der Waals surface area contributed by atoms with Gasteiger partial charge in [0.2, 0.25) is 10.0 Å². The van der Waals surface area contributed by atoms with E-state index in [1.54, 1.807) is 31.3 Å². The number of rotatable bonds is 6. The zero-order valence-corrected chi connectivity index (χ0v) is 18.7. The molecule has 0 unspecified atom stereocenters. The zero-order valence-electron chi connectivity index (χ0n) is 17.0. The first-order chi connectivity index (χ1) is 14.7. The Bertz CT molecular complexity index is 1370. The number of hydrogen-bond acceptors (Lipinski definition) is 6. The van der Waals surface area contributed by atoms with E-state index in [1.807, 2.05) is 29.7 Å². The van der Waals surface area contributed by atoms with Crippen LogP contribution in [0.4, 0.5) is 15.8 Å². The summed E-state index contributed by atoms with van der Waals surface area (Å²) in [5.74, 6) is 0.427. The van der Waals surface area contributed by atoms with Crippen molar-refractivity contribution in [3.8, 4) is 11.1 Å². The summed E-state index contributed by atoms with van der Waals surface area (Å²) in [6, 6.07) is 13.5. The van der Waals surface area contributed by atoms with E-state index in [9.17, 15) is 12.8 Å². The average molecular weight is 458 g/mol. The van der Waals surface area contributed by atoms with Crippen LogP contribution in [0, 0.1) is 12.7 Å². The van der Waals surface area contributed by atoms with Gasteiger partial charge in [0, 0.05) is 34.3 Å². The second-order valence-electron chi connectivity index (χ2n) is 6.97. The summed E-state index contributed by atoms with van der Waals surface area (Å²) < 4.78 is 41.2. The Morgan fingerprint density at radius 1 is 1.06 bits per heavy atom. The molecule has 0 amide bonds. The van der Waals surface area contributed by atoms with Crippen molar-refractivity contribution in [1.82, 2.24) is 14.6 Å². The topological polar surface area (TPSA) is 88.4 Å². The normalized spacial score (nSPS) is 11.6. The van der Waals surface area contributed by atoms with Crippen LogP contribution in [0.15, 0.2) is 64.5 Å². The number of hydrogen-bond donors (Lipinski definition) is 2. The van der Waals surface area contributed by atoms with Crippen molar-refractivity contribution in [2.75, 3.05) is 23.3 Å². The number of pyridine rings is 1. The highest BCUT2D eigenvalue weighted by Crippen LogP contribution is 2.39. The van der Waals surface area contributed by atoms with Gasteiger partial charge in [-0.3, -0.25) is 9.12 Å². The van der Waals surface area contributed by atoms with E-state index in [2.05, 4.69) is 20.2 Å². The maximum Gasteiger partial charge on any atom is 0.229 e. The van der Waals surface area contributed by atoms with Crippen LogP contribution in [0.5, 0.6) is 0 Å². The van der Waals surface area contributed by atoms with E-state index in [0.29, 0.717) is 11.3 Å². The molecular weight excluding hydrogens is 437 g/mol. The smallest absolute Gasteiger partial charge is 0.229 e. The number of aromatic nitrogens is 3. The van der Waals surface area contributed by atoms with Crippen molar-refractivity contribution in [3.63, 3.8) is 0 Å². The average Bonchev–Trinajstić information content (AvgIpc) is 3.10. The van der Waals surface area contributed by atoms with Gasteiger partial charge in [0.15, 0.2) is 5.65 Å². The third kappa shape index (κ3) is 4.64. The number of aryl methyl sites for hydroxylation is 1. The van der Waals surface area contributed by atoms with Crippen molar-refractivity contribution in [2.45, 2.75) is 16.7 Å². The van der Waals surface area contributed by atoms with Crippen LogP contribution in [-0.2, 0) is 10.0 Å². The maximum absolute atomic E-state index is 13.3. The van der Waals surface area contributed by atoms with Gasteiger partial charge >= 0.3 is 0 Å². The van der Waals surface area contributed by atoms with Gasteiger partial charge in [-0.15, -0.1) is 10.2 Å². The fourth-order valence-corrected chi connectivity index (χ4v) is 4.69. The lowest BCUT2D eigenvalue weighted by Gasteiger charge is -2.14. The van der Waals surface area contributed by atoms with Crippen LogP contribution in [0.1, 0.15) is 5.82 Å². The first kappa shape index (κ1) is 21.1. The van der Waals surface area contributed by atoms with E-state index in [0.717, 1.165) is 38.7 Å². The van der Waals surface area contributed by atoms with Gasteiger partial charge in [-0.2, -0.15) is 0 Å². The molecule has 0 fully saturated rings. The number of fused-ring (bicyclic) bond motifs is 1. The van der Waals surface area contributed by atoms with Crippen molar-refractivity contribution in [2.24, 2.45) is 0 Å². The van der Waals surface area contributed by atoms with Crippen molar-refractivity contribution in [1.29, 1.82) is 0 Å². The second-order valence-corrected chi connectivity index (χ2v) is 9.84. The molecule has 0 saturated heterocycles. The lowest BCUT2D eigenvalue weighted by Crippen LogP contribution is -2.09. The monoisotopic (exact) mass is 457 g/mol. The predicted octanol–water partition coefficient (Wildman–Crippen LogP) is 4.41. The molecule has 0 atom stereocenters. The Morgan fingerprint density at radius 3 is 2.48 bits per heavy atom. The van der Waals surface area contributed by atoms with Crippen LogP contribution in [0.2, 0.25) is 0 Å². The SMILES string of the molecule is CNc1cc(-c2cc(NS(C)(=O)=O)ccc2Sc2ccc(F)cc2)cn2c(C)nnc12. The van der Waals surface area contributed by atoms with E-state index in [-0.39, 0.29) is 5.82 Å². The molecule has 0 saturated carbocycles. The molecule has 10 heteroatoms. The van der Waals surface area contributed by atoms with Gasteiger partial charge in [-0.05, 0) is 61.0 Å². The minimum atomic E-state index is -3.43. The molecule has 0 aliphatic rings. The van der Waals surface area contributed by atoms with Crippen molar-refractivity contribution < 1.29 is 12.8 Å². The number of nitrogens with one attached hydrogen (secondary N) is 2. The van der Waals surface area contributed by atoms with E-state index in [4.69, 9.17) is 0 Å². The van der Waals surface area contributed by atoms with Crippen molar-refractivity contribution >= 4 is 38.8 Å². The molecule has 0 aliphatic heterocycles. The molecule has 31 heavy (non-hydrogen) atoms. The lowest BCUT2D eigenvalue weighted by molar-refractivity contribution is 0.607. The molecule has 160 valence electrons. The molecule has 0 radical (unpaired) electrons. The van der Waals surface area contributed by atoms with Gasteiger partial charge < -0.3 is 5.32 Å². The van der Waals surface area contributed by atoms with Crippen molar-refractivity contribution in [3.05, 3.63) is 66.4 Å². The zero-order chi connectivity index (χ0) is 22.2. The van der Waals surface area contributed by atoms with Crippen LogP contribution in [-0.4, -0.2) is 36.3 Å². The molecule has 7 nitrogen and oxygen atoms in total. The molecule has 4 aromatic rings. The van der Waals surface area contributed by atoms with Crippen LogP contribution < -0.4 is 10.0 Å².